The number of halogens is 8. The van der Waals surface area contributed by atoms with Gasteiger partial charge < -0.3 is 9.84 Å². The van der Waals surface area contributed by atoms with Crippen LogP contribution in [0.15, 0.2) is 36.4 Å². The zero-order valence-corrected chi connectivity index (χ0v) is 21.0. The predicted octanol–water partition coefficient (Wildman–Crippen LogP) is 7.71. The molecule has 6 nitrogen and oxygen atoms in total. The first-order valence-corrected chi connectivity index (χ1v) is 11.3. The fraction of sp³-hybridized carbons (Fsp3) is 0.391. The van der Waals surface area contributed by atoms with Crippen LogP contribution >= 0.6 is 23.2 Å². The van der Waals surface area contributed by atoms with E-state index in [4.69, 9.17) is 27.9 Å². The minimum Gasteiger partial charge on any atom is -0.465 e. The summed E-state index contributed by atoms with van der Waals surface area (Å²) in [4.78, 5) is 25.4. The molecule has 0 aromatic heterocycles. The number of carbonyl (C=O) groups is 2. The van der Waals surface area contributed by atoms with Crippen LogP contribution in [0, 0.1) is 0 Å². The van der Waals surface area contributed by atoms with Crippen molar-refractivity contribution in [1.82, 2.24) is 4.90 Å². The van der Waals surface area contributed by atoms with Crippen molar-refractivity contribution in [2.24, 2.45) is 0 Å². The molecule has 0 saturated carbocycles. The van der Waals surface area contributed by atoms with Gasteiger partial charge in [-0.3, -0.25) is 9.80 Å². The molecule has 1 atom stereocenters. The summed E-state index contributed by atoms with van der Waals surface area (Å²) in [5.74, 6) is 0. The Morgan fingerprint density at radius 2 is 1.62 bits per heavy atom. The average Bonchev–Trinajstić information content (AvgIpc) is 3.08. The third-order valence-electron chi connectivity index (χ3n) is 5.73. The first kappa shape index (κ1) is 28.7. The number of anilines is 1. The summed E-state index contributed by atoms with van der Waals surface area (Å²) in [6.07, 6.45) is -13.2. The van der Waals surface area contributed by atoms with Gasteiger partial charge in [0.2, 0.25) is 0 Å². The quantitative estimate of drug-likeness (QED) is 0.381. The molecule has 0 bridgehead atoms. The molecule has 0 aliphatic carbocycles. The van der Waals surface area contributed by atoms with Crippen molar-refractivity contribution in [2.75, 3.05) is 11.4 Å². The van der Waals surface area contributed by atoms with E-state index in [1.807, 2.05) is 0 Å². The van der Waals surface area contributed by atoms with Gasteiger partial charge in [-0.2, -0.15) is 26.3 Å². The lowest BCUT2D eigenvalue weighted by Gasteiger charge is -2.34. The maximum atomic E-state index is 14.3. The summed E-state index contributed by atoms with van der Waals surface area (Å²) in [7, 11) is 0. The monoisotopic (exact) mass is 572 g/mol. The summed E-state index contributed by atoms with van der Waals surface area (Å²) in [5, 5.41) is 9.11. The number of carboxylic acid groups (broad SMARTS) is 1. The Balaban J connectivity index is 2.09. The zero-order chi connectivity index (χ0) is 28.1. The third kappa shape index (κ3) is 5.69. The van der Waals surface area contributed by atoms with E-state index in [9.17, 15) is 41.0 Å². The number of nitrogens with zero attached hydrogens (tertiary/aromatic N) is 2. The summed E-state index contributed by atoms with van der Waals surface area (Å²) in [6, 6.07) is 5.35. The molecule has 1 saturated heterocycles. The number of amides is 2. The summed E-state index contributed by atoms with van der Waals surface area (Å²) >= 11 is 11.7. The van der Waals surface area contributed by atoms with Crippen LogP contribution in [0.5, 0.6) is 0 Å². The number of cyclic esters (lactones) is 1. The molecule has 37 heavy (non-hydrogen) atoms. The Kier molecular flexibility index (Phi) is 7.34. The summed E-state index contributed by atoms with van der Waals surface area (Å²) in [5.41, 5.74) is -7.23. The molecule has 0 radical (unpaired) electrons. The van der Waals surface area contributed by atoms with Crippen molar-refractivity contribution in [3.63, 3.8) is 0 Å². The Morgan fingerprint density at radius 3 is 2.08 bits per heavy atom. The highest BCUT2D eigenvalue weighted by atomic mass is 35.5. The van der Waals surface area contributed by atoms with Gasteiger partial charge in [-0.15, -0.1) is 0 Å². The van der Waals surface area contributed by atoms with E-state index in [0.29, 0.717) is 11.0 Å². The molecular weight excluding hydrogens is 553 g/mol. The number of hydrogen-bond donors (Lipinski definition) is 1. The zero-order valence-electron chi connectivity index (χ0n) is 19.5. The number of ether oxygens (including phenoxy) is 1. The fourth-order valence-corrected chi connectivity index (χ4v) is 4.39. The van der Waals surface area contributed by atoms with Gasteiger partial charge in [0.25, 0.3) is 5.60 Å². The number of alkyl halides is 6. The number of benzene rings is 2. The summed E-state index contributed by atoms with van der Waals surface area (Å²) in [6.45, 7) is 2.59. The van der Waals surface area contributed by atoms with Crippen LogP contribution in [-0.4, -0.2) is 40.5 Å². The molecule has 1 unspecified atom stereocenters. The molecule has 0 spiro atoms. The summed E-state index contributed by atoms with van der Waals surface area (Å²) < 4.78 is 89.4. The number of hydrogen-bond acceptors (Lipinski definition) is 3. The molecule has 2 amide bonds. The lowest BCUT2D eigenvalue weighted by molar-refractivity contribution is -0.250. The molecule has 3 rings (SSSR count). The Hall–Kier alpha value is -2.86. The van der Waals surface area contributed by atoms with E-state index in [1.165, 1.54) is 20.8 Å². The lowest BCUT2D eigenvalue weighted by atomic mass is 9.92. The molecule has 1 heterocycles. The van der Waals surface area contributed by atoms with Crippen LogP contribution in [0.2, 0.25) is 10.0 Å². The van der Waals surface area contributed by atoms with Gasteiger partial charge >= 0.3 is 24.5 Å². The van der Waals surface area contributed by atoms with E-state index in [1.54, 1.807) is 0 Å². The van der Waals surface area contributed by atoms with E-state index >= 15 is 0 Å². The normalized spacial score (nSPS) is 18.7. The van der Waals surface area contributed by atoms with Crippen LogP contribution in [-0.2, 0) is 23.1 Å². The van der Waals surface area contributed by atoms with Crippen molar-refractivity contribution >= 4 is 41.1 Å². The number of carbonyl (C=O) groups excluding carboxylic acids is 1. The van der Waals surface area contributed by atoms with Gasteiger partial charge in [-0.1, -0.05) is 29.3 Å². The molecule has 1 N–H and O–H groups in total. The van der Waals surface area contributed by atoms with Crippen LogP contribution in [0.25, 0.3) is 0 Å². The first-order chi connectivity index (χ1) is 16.8. The van der Waals surface area contributed by atoms with E-state index in [2.05, 4.69) is 0 Å². The fourth-order valence-electron chi connectivity index (χ4n) is 3.86. The second-order valence-corrected chi connectivity index (χ2v) is 10.2. The molecular formula is C23H20Cl2F6N2O4. The second-order valence-electron chi connectivity index (χ2n) is 9.32. The van der Waals surface area contributed by atoms with Gasteiger partial charge in [0, 0.05) is 26.8 Å². The third-order valence-corrected chi connectivity index (χ3v) is 6.17. The van der Waals surface area contributed by atoms with E-state index < -0.39 is 71.1 Å². The lowest BCUT2D eigenvalue weighted by Crippen LogP contribution is -2.46. The van der Waals surface area contributed by atoms with Crippen LogP contribution < -0.4 is 4.90 Å². The Labute approximate surface area is 217 Å². The van der Waals surface area contributed by atoms with Crippen LogP contribution in [0.4, 0.5) is 41.6 Å². The maximum Gasteiger partial charge on any atom is 0.434 e. The van der Waals surface area contributed by atoms with E-state index in [-0.39, 0.29) is 10.0 Å². The molecule has 1 aliphatic rings. The SMILES string of the molecule is CC(C)(C)N(Cc1ccc(N2CC(c3cc(Cl)cc(Cl)c3)(C(F)(F)F)OC2=O)cc1C(F)(F)F)C(=O)O. The largest absolute Gasteiger partial charge is 0.465 e. The van der Waals surface area contributed by atoms with Crippen LogP contribution in [0.1, 0.15) is 37.5 Å². The van der Waals surface area contributed by atoms with E-state index in [0.717, 1.165) is 35.2 Å². The topological polar surface area (TPSA) is 70.1 Å². The van der Waals surface area contributed by atoms with Gasteiger partial charge in [-0.05, 0) is 56.7 Å². The molecule has 14 heteroatoms. The number of rotatable bonds is 4. The van der Waals surface area contributed by atoms with Gasteiger partial charge in [0.05, 0.1) is 18.7 Å². The highest BCUT2D eigenvalue weighted by molar-refractivity contribution is 6.34. The minimum absolute atomic E-state index is 0.175. The smallest absolute Gasteiger partial charge is 0.434 e. The molecule has 1 aliphatic heterocycles. The Morgan fingerprint density at radius 1 is 1.05 bits per heavy atom. The van der Waals surface area contributed by atoms with Crippen molar-refractivity contribution in [2.45, 2.75) is 50.8 Å². The van der Waals surface area contributed by atoms with Gasteiger partial charge in [0.15, 0.2) is 0 Å². The minimum atomic E-state index is -5.19. The van der Waals surface area contributed by atoms with Crippen LogP contribution in [0.3, 0.4) is 0 Å². The van der Waals surface area contributed by atoms with Gasteiger partial charge in [-0.25, -0.2) is 9.59 Å². The second kappa shape index (κ2) is 9.46. The molecule has 1 fully saturated rings. The highest BCUT2D eigenvalue weighted by Gasteiger charge is 2.65. The maximum absolute atomic E-state index is 14.3. The average molecular weight is 573 g/mol. The molecule has 202 valence electrons. The Bertz CT molecular complexity index is 1210. The standard InChI is InChI=1S/C23H20Cl2F6N2O4/c1-20(2,3)33(18(34)35)10-12-4-5-16(9-17(12)22(26,27)28)32-11-21(23(29,30)31,37-19(32)36)13-6-14(24)8-15(25)7-13/h4-9H,10-11H2,1-3H3,(H,34,35). The first-order valence-electron chi connectivity index (χ1n) is 10.5. The van der Waals surface area contributed by atoms with Crippen molar-refractivity contribution in [3.05, 3.63) is 63.1 Å². The molecule has 2 aromatic carbocycles. The molecule has 2 aromatic rings. The highest BCUT2D eigenvalue weighted by Crippen LogP contribution is 2.49. The van der Waals surface area contributed by atoms with Crippen molar-refractivity contribution in [3.8, 4) is 0 Å². The van der Waals surface area contributed by atoms with Crippen molar-refractivity contribution in [1.29, 1.82) is 0 Å². The predicted molar refractivity (Wildman–Crippen MR) is 123 cm³/mol. The van der Waals surface area contributed by atoms with Crippen molar-refractivity contribution < 1.29 is 45.8 Å². The van der Waals surface area contributed by atoms with Gasteiger partial charge in [0.1, 0.15) is 0 Å².